The zero-order valence-corrected chi connectivity index (χ0v) is 12.6. The molecule has 0 fully saturated rings. The van der Waals surface area contributed by atoms with Crippen LogP contribution in [-0.2, 0) is 0 Å². The summed E-state index contributed by atoms with van der Waals surface area (Å²) in [5.74, 6) is 0. The minimum Gasteiger partial charge on any atom is -0.0991 e. The number of allylic oxidation sites excluding steroid dienone is 11. The monoisotopic (exact) mass is 274 g/mol. The SMILES string of the molecule is C=C/C=C\C=C(/C=C)c1ccccc1C(=C)/C=C\C=C/C. The van der Waals surface area contributed by atoms with Crippen molar-refractivity contribution < 1.29 is 0 Å². The van der Waals surface area contributed by atoms with Gasteiger partial charge >= 0.3 is 0 Å². The Morgan fingerprint density at radius 2 is 1.67 bits per heavy atom. The van der Waals surface area contributed by atoms with E-state index >= 15 is 0 Å². The molecule has 0 spiro atoms. The smallest absolute Gasteiger partial charge is 0.0106 e. The molecule has 106 valence electrons. The summed E-state index contributed by atoms with van der Waals surface area (Å²) in [6.45, 7) is 13.7. The van der Waals surface area contributed by atoms with Crippen molar-refractivity contribution in [3.8, 4) is 0 Å². The molecule has 0 saturated carbocycles. The fraction of sp³-hybridized carbons (Fsp3) is 0.0476. The van der Waals surface area contributed by atoms with Crippen LogP contribution in [0.15, 0.2) is 98.7 Å². The molecule has 0 aliphatic rings. The largest absolute Gasteiger partial charge is 0.0991 e. The van der Waals surface area contributed by atoms with Crippen molar-refractivity contribution in [3.05, 3.63) is 110 Å². The molecule has 0 aromatic heterocycles. The Bertz CT molecular complexity index is 619. The molecule has 0 aliphatic carbocycles. The molecule has 0 N–H and O–H groups in total. The molecule has 0 bridgehead atoms. The summed E-state index contributed by atoms with van der Waals surface area (Å²) in [6, 6.07) is 8.20. The van der Waals surface area contributed by atoms with Gasteiger partial charge in [-0.3, -0.25) is 0 Å². The molecule has 21 heavy (non-hydrogen) atoms. The number of hydrogen-bond acceptors (Lipinski definition) is 0. The summed E-state index contributed by atoms with van der Waals surface area (Å²) < 4.78 is 0. The van der Waals surface area contributed by atoms with Crippen LogP contribution >= 0.6 is 0 Å². The summed E-state index contributed by atoms with van der Waals surface area (Å²) in [5, 5.41) is 0. The van der Waals surface area contributed by atoms with E-state index in [1.807, 2.05) is 67.7 Å². The van der Waals surface area contributed by atoms with E-state index in [-0.39, 0.29) is 0 Å². The average molecular weight is 274 g/mol. The van der Waals surface area contributed by atoms with Crippen LogP contribution in [0.2, 0.25) is 0 Å². The molecule has 0 unspecified atom stereocenters. The lowest BCUT2D eigenvalue weighted by Crippen LogP contribution is -1.89. The topological polar surface area (TPSA) is 0 Å². The first-order valence-electron chi connectivity index (χ1n) is 6.94. The third kappa shape index (κ3) is 5.12. The van der Waals surface area contributed by atoms with Crippen molar-refractivity contribution in [2.45, 2.75) is 6.92 Å². The van der Waals surface area contributed by atoms with Gasteiger partial charge in [-0.1, -0.05) is 98.7 Å². The molecule has 0 heteroatoms. The minimum atomic E-state index is 0.976. The van der Waals surface area contributed by atoms with Gasteiger partial charge in [0.05, 0.1) is 0 Å². The molecule has 0 saturated heterocycles. The Morgan fingerprint density at radius 3 is 2.29 bits per heavy atom. The molecule has 0 atom stereocenters. The normalized spacial score (nSPS) is 12.3. The highest BCUT2D eigenvalue weighted by atomic mass is 14.1. The molecular formula is C21H22. The first-order valence-corrected chi connectivity index (χ1v) is 6.94. The lowest BCUT2D eigenvalue weighted by Gasteiger charge is -2.10. The van der Waals surface area contributed by atoms with Gasteiger partial charge in [-0.2, -0.15) is 0 Å². The van der Waals surface area contributed by atoms with E-state index in [1.165, 1.54) is 0 Å². The van der Waals surface area contributed by atoms with E-state index < -0.39 is 0 Å². The second-order valence-corrected chi connectivity index (χ2v) is 4.40. The van der Waals surface area contributed by atoms with Crippen molar-refractivity contribution >= 4 is 11.1 Å². The van der Waals surface area contributed by atoms with Crippen LogP contribution in [0, 0.1) is 0 Å². The van der Waals surface area contributed by atoms with E-state index in [9.17, 15) is 0 Å². The second kappa shape index (κ2) is 9.33. The Hall–Kier alpha value is -2.60. The predicted octanol–water partition coefficient (Wildman–Crippen LogP) is 6.14. The van der Waals surface area contributed by atoms with Gasteiger partial charge in [0, 0.05) is 0 Å². The van der Waals surface area contributed by atoms with Gasteiger partial charge in [0.1, 0.15) is 0 Å². The zero-order valence-electron chi connectivity index (χ0n) is 12.6. The lowest BCUT2D eigenvalue weighted by molar-refractivity contribution is 1.55. The number of benzene rings is 1. The molecular weight excluding hydrogens is 252 g/mol. The van der Waals surface area contributed by atoms with Crippen molar-refractivity contribution in [2.75, 3.05) is 0 Å². The van der Waals surface area contributed by atoms with E-state index in [1.54, 1.807) is 6.08 Å². The Balaban J connectivity index is 3.22. The summed E-state index contributed by atoms with van der Waals surface area (Å²) in [5.41, 5.74) is 4.26. The van der Waals surface area contributed by atoms with Gasteiger partial charge in [-0.15, -0.1) is 0 Å². The summed E-state index contributed by atoms with van der Waals surface area (Å²) in [4.78, 5) is 0. The van der Waals surface area contributed by atoms with Crippen LogP contribution in [-0.4, -0.2) is 0 Å². The van der Waals surface area contributed by atoms with Gasteiger partial charge in [0.2, 0.25) is 0 Å². The van der Waals surface area contributed by atoms with Crippen LogP contribution in [0.5, 0.6) is 0 Å². The van der Waals surface area contributed by atoms with Crippen LogP contribution in [0.1, 0.15) is 18.1 Å². The third-order valence-electron chi connectivity index (χ3n) is 2.93. The summed E-state index contributed by atoms with van der Waals surface area (Å²) >= 11 is 0. The molecule has 1 rings (SSSR count). The summed E-state index contributed by atoms with van der Waals surface area (Å²) in [6.07, 6.45) is 17.5. The highest BCUT2D eigenvalue weighted by molar-refractivity contribution is 5.86. The van der Waals surface area contributed by atoms with E-state index in [2.05, 4.69) is 31.9 Å². The number of hydrogen-bond donors (Lipinski definition) is 0. The maximum Gasteiger partial charge on any atom is -0.0106 e. The highest BCUT2D eigenvalue weighted by Gasteiger charge is 2.05. The van der Waals surface area contributed by atoms with Crippen LogP contribution in [0.25, 0.3) is 11.1 Å². The van der Waals surface area contributed by atoms with Crippen molar-refractivity contribution in [1.29, 1.82) is 0 Å². The standard InChI is InChI=1S/C21H22/c1-5-8-10-14-18(4)20-16-12-13-17-21(20)19(7-3)15-11-9-6-2/h5-17H,2-4H2,1H3/b8-5-,11-9-,14-10-,19-15+. The summed E-state index contributed by atoms with van der Waals surface area (Å²) in [7, 11) is 0. The van der Waals surface area contributed by atoms with Gasteiger partial charge < -0.3 is 0 Å². The van der Waals surface area contributed by atoms with Crippen molar-refractivity contribution in [2.24, 2.45) is 0 Å². The number of rotatable bonds is 7. The molecule has 0 heterocycles. The van der Waals surface area contributed by atoms with E-state index in [0.29, 0.717) is 0 Å². The Labute approximate surface area is 128 Å². The molecule has 0 aliphatic heterocycles. The highest BCUT2D eigenvalue weighted by Crippen LogP contribution is 2.26. The maximum atomic E-state index is 4.15. The average Bonchev–Trinajstić information content (AvgIpc) is 2.52. The quantitative estimate of drug-likeness (QED) is 0.523. The van der Waals surface area contributed by atoms with E-state index in [0.717, 1.165) is 22.3 Å². The minimum absolute atomic E-state index is 0.976. The fourth-order valence-corrected chi connectivity index (χ4v) is 1.89. The van der Waals surface area contributed by atoms with Crippen molar-refractivity contribution in [1.82, 2.24) is 0 Å². The molecule has 1 aromatic carbocycles. The van der Waals surface area contributed by atoms with Crippen LogP contribution in [0.3, 0.4) is 0 Å². The third-order valence-corrected chi connectivity index (χ3v) is 2.93. The first-order chi connectivity index (χ1) is 10.2. The molecule has 0 nitrogen and oxygen atoms in total. The van der Waals surface area contributed by atoms with Crippen LogP contribution < -0.4 is 0 Å². The molecule has 0 radical (unpaired) electrons. The Kier molecular flexibility index (Phi) is 7.31. The first kappa shape index (κ1) is 16.5. The van der Waals surface area contributed by atoms with Gasteiger partial charge in [0.15, 0.2) is 0 Å². The van der Waals surface area contributed by atoms with Crippen molar-refractivity contribution in [3.63, 3.8) is 0 Å². The fourth-order valence-electron chi connectivity index (χ4n) is 1.89. The second-order valence-electron chi connectivity index (χ2n) is 4.40. The Morgan fingerprint density at radius 1 is 0.952 bits per heavy atom. The zero-order chi connectivity index (χ0) is 15.5. The molecule has 0 amide bonds. The van der Waals surface area contributed by atoms with Gasteiger partial charge in [0.25, 0.3) is 0 Å². The maximum absolute atomic E-state index is 4.15. The molecule has 1 aromatic rings. The van der Waals surface area contributed by atoms with Gasteiger partial charge in [-0.05, 0) is 29.2 Å². The van der Waals surface area contributed by atoms with E-state index in [4.69, 9.17) is 0 Å². The lowest BCUT2D eigenvalue weighted by atomic mass is 9.94. The predicted molar refractivity (Wildman–Crippen MR) is 96.9 cm³/mol. The van der Waals surface area contributed by atoms with Crippen LogP contribution in [0.4, 0.5) is 0 Å². The van der Waals surface area contributed by atoms with Gasteiger partial charge in [-0.25, -0.2) is 0 Å².